The van der Waals surface area contributed by atoms with Crippen LogP contribution in [0.1, 0.15) is 19.4 Å². The number of carbonyl (C=O) groups is 1. The quantitative estimate of drug-likeness (QED) is 0.819. The highest BCUT2D eigenvalue weighted by atomic mass is 16.4. The number of aliphatic hydroxyl groups excluding tert-OH is 1. The molecule has 2 aromatic rings. The van der Waals surface area contributed by atoms with Crippen molar-refractivity contribution in [3.8, 4) is 0 Å². The van der Waals surface area contributed by atoms with Gasteiger partial charge in [-0.05, 0) is 31.7 Å². The van der Waals surface area contributed by atoms with Crippen LogP contribution >= 0.6 is 0 Å². The van der Waals surface area contributed by atoms with Gasteiger partial charge in [0.1, 0.15) is 5.58 Å². The van der Waals surface area contributed by atoms with E-state index in [1.54, 1.807) is 12.1 Å². The van der Waals surface area contributed by atoms with Crippen LogP contribution in [0.25, 0.3) is 11.0 Å². The Morgan fingerprint density at radius 3 is 2.77 bits per heavy atom. The Kier molecular flexibility index (Phi) is 4.95. The SMILES string of the molecule is CC(=O)Nc1ccc2c(CN(C)C(C)CO)cc(=O)oc2c1. The lowest BCUT2D eigenvalue weighted by Gasteiger charge is -2.23. The first kappa shape index (κ1) is 16.2. The number of aliphatic hydroxyl groups is 1. The topological polar surface area (TPSA) is 82.8 Å². The molecule has 0 saturated carbocycles. The van der Waals surface area contributed by atoms with E-state index in [4.69, 9.17) is 4.42 Å². The molecule has 0 fully saturated rings. The van der Waals surface area contributed by atoms with E-state index in [2.05, 4.69) is 5.32 Å². The second kappa shape index (κ2) is 6.72. The molecular weight excluding hydrogens is 284 g/mol. The Hall–Kier alpha value is -2.18. The van der Waals surface area contributed by atoms with Crippen molar-refractivity contribution in [2.45, 2.75) is 26.4 Å². The average molecular weight is 304 g/mol. The van der Waals surface area contributed by atoms with Crippen LogP contribution in [0, 0.1) is 0 Å². The van der Waals surface area contributed by atoms with Crippen molar-refractivity contribution in [2.75, 3.05) is 19.0 Å². The van der Waals surface area contributed by atoms with Crippen molar-refractivity contribution in [3.05, 3.63) is 40.2 Å². The molecule has 0 radical (unpaired) electrons. The monoisotopic (exact) mass is 304 g/mol. The minimum absolute atomic E-state index is 0.0130. The van der Waals surface area contributed by atoms with Gasteiger partial charge in [-0.3, -0.25) is 9.69 Å². The lowest BCUT2D eigenvalue weighted by atomic mass is 10.1. The van der Waals surface area contributed by atoms with Gasteiger partial charge in [0.25, 0.3) is 0 Å². The summed E-state index contributed by atoms with van der Waals surface area (Å²) in [5.74, 6) is -0.186. The lowest BCUT2D eigenvalue weighted by Crippen LogP contribution is -2.31. The van der Waals surface area contributed by atoms with Gasteiger partial charge in [0, 0.05) is 42.7 Å². The maximum absolute atomic E-state index is 11.7. The first-order valence-electron chi connectivity index (χ1n) is 7.06. The number of fused-ring (bicyclic) bond motifs is 1. The summed E-state index contributed by atoms with van der Waals surface area (Å²) in [4.78, 5) is 24.8. The van der Waals surface area contributed by atoms with Crippen molar-refractivity contribution >= 4 is 22.6 Å². The molecule has 1 amide bonds. The molecule has 1 unspecified atom stereocenters. The van der Waals surface area contributed by atoms with Crippen LogP contribution in [0.2, 0.25) is 0 Å². The molecule has 1 aromatic carbocycles. The normalized spacial score (nSPS) is 12.6. The van der Waals surface area contributed by atoms with Gasteiger partial charge in [-0.25, -0.2) is 4.79 Å². The third-order valence-electron chi connectivity index (χ3n) is 3.59. The number of hydrogen-bond donors (Lipinski definition) is 2. The molecule has 22 heavy (non-hydrogen) atoms. The summed E-state index contributed by atoms with van der Waals surface area (Å²) in [5.41, 5.74) is 1.40. The Bertz CT molecular complexity index is 738. The van der Waals surface area contributed by atoms with Crippen LogP contribution < -0.4 is 10.9 Å². The molecule has 0 aliphatic rings. The maximum Gasteiger partial charge on any atom is 0.336 e. The van der Waals surface area contributed by atoms with Crippen molar-refractivity contribution < 1.29 is 14.3 Å². The second-order valence-corrected chi connectivity index (χ2v) is 5.43. The third-order valence-corrected chi connectivity index (χ3v) is 3.59. The van der Waals surface area contributed by atoms with Gasteiger partial charge in [-0.2, -0.15) is 0 Å². The van der Waals surface area contributed by atoms with E-state index in [1.807, 2.05) is 24.9 Å². The van der Waals surface area contributed by atoms with Crippen LogP contribution in [-0.2, 0) is 11.3 Å². The van der Waals surface area contributed by atoms with Crippen molar-refractivity contribution in [3.63, 3.8) is 0 Å². The molecule has 1 heterocycles. The van der Waals surface area contributed by atoms with E-state index < -0.39 is 5.63 Å². The summed E-state index contributed by atoms with van der Waals surface area (Å²) < 4.78 is 5.22. The van der Waals surface area contributed by atoms with Gasteiger partial charge < -0.3 is 14.8 Å². The largest absolute Gasteiger partial charge is 0.423 e. The summed E-state index contributed by atoms with van der Waals surface area (Å²) >= 11 is 0. The maximum atomic E-state index is 11.7. The molecule has 0 spiro atoms. The standard InChI is InChI=1S/C16H20N2O4/c1-10(9-19)18(3)8-12-6-16(21)22-15-7-13(17-11(2)20)4-5-14(12)15/h4-7,10,19H,8-9H2,1-3H3,(H,17,20). The van der Waals surface area contributed by atoms with E-state index in [0.717, 1.165) is 10.9 Å². The highest BCUT2D eigenvalue weighted by Gasteiger charge is 2.12. The van der Waals surface area contributed by atoms with E-state index in [0.29, 0.717) is 17.8 Å². The van der Waals surface area contributed by atoms with Gasteiger partial charge in [-0.15, -0.1) is 0 Å². The van der Waals surface area contributed by atoms with Crippen LogP contribution in [0.15, 0.2) is 33.5 Å². The lowest BCUT2D eigenvalue weighted by molar-refractivity contribution is -0.114. The fraction of sp³-hybridized carbons (Fsp3) is 0.375. The molecule has 6 heteroatoms. The Labute approximate surface area is 128 Å². The number of hydrogen-bond acceptors (Lipinski definition) is 5. The Morgan fingerprint density at radius 2 is 2.14 bits per heavy atom. The third kappa shape index (κ3) is 3.72. The predicted molar refractivity (Wildman–Crippen MR) is 84.8 cm³/mol. The minimum atomic E-state index is -0.437. The van der Waals surface area contributed by atoms with Crippen LogP contribution in [-0.4, -0.2) is 35.6 Å². The molecular formula is C16H20N2O4. The number of rotatable bonds is 5. The number of nitrogens with one attached hydrogen (secondary N) is 1. The van der Waals surface area contributed by atoms with E-state index in [9.17, 15) is 14.7 Å². The van der Waals surface area contributed by atoms with Crippen LogP contribution in [0.5, 0.6) is 0 Å². The zero-order chi connectivity index (χ0) is 16.3. The summed E-state index contributed by atoms with van der Waals surface area (Å²) in [7, 11) is 1.88. The van der Waals surface area contributed by atoms with Gasteiger partial charge in [-0.1, -0.05) is 0 Å². The molecule has 0 aliphatic carbocycles. The highest BCUT2D eigenvalue weighted by Crippen LogP contribution is 2.22. The highest BCUT2D eigenvalue weighted by molar-refractivity contribution is 5.92. The van der Waals surface area contributed by atoms with E-state index >= 15 is 0 Å². The van der Waals surface area contributed by atoms with E-state index in [1.165, 1.54) is 13.0 Å². The number of benzene rings is 1. The fourth-order valence-corrected chi connectivity index (χ4v) is 2.21. The molecule has 0 aliphatic heterocycles. The first-order valence-corrected chi connectivity index (χ1v) is 7.06. The smallest absolute Gasteiger partial charge is 0.336 e. The zero-order valence-corrected chi connectivity index (χ0v) is 12.9. The van der Waals surface area contributed by atoms with Crippen molar-refractivity contribution in [1.29, 1.82) is 0 Å². The first-order chi connectivity index (χ1) is 10.4. The van der Waals surface area contributed by atoms with Gasteiger partial charge in [0.05, 0.1) is 6.61 Å². The summed E-state index contributed by atoms with van der Waals surface area (Å²) in [6.07, 6.45) is 0. The summed E-state index contributed by atoms with van der Waals surface area (Å²) in [6.45, 7) is 3.89. The van der Waals surface area contributed by atoms with Crippen molar-refractivity contribution in [1.82, 2.24) is 4.90 Å². The summed E-state index contributed by atoms with van der Waals surface area (Å²) in [5, 5.41) is 12.7. The number of anilines is 1. The number of amides is 1. The number of nitrogens with zero attached hydrogens (tertiary/aromatic N) is 1. The minimum Gasteiger partial charge on any atom is -0.423 e. The predicted octanol–water partition coefficient (Wildman–Crippen LogP) is 1.56. The van der Waals surface area contributed by atoms with Crippen LogP contribution in [0.3, 0.4) is 0 Å². The molecule has 118 valence electrons. The molecule has 0 bridgehead atoms. The molecule has 1 aromatic heterocycles. The van der Waals surface area contributed by atoms with E-state index in [-0.39, 0.29) is 18.6 Å². The Morgan fingerprint density at radius 1 is 1.41 bits per heavy atom. The molecule has 6 nitrogen and oxygen atoms in total. The molecule has 0 saturated heterocycles. The Balaban J connectivity index is 2.42. The number of likely N-dealkylation sites (N-methyl/N-ethyl adjacent to an activating group) is 1. The molecule has 2 rings (SSSR count). The fourth-order valence-electron chi connectivity index (χ4n) is 2.21. The van der Waals surface area contributed by atoms with Gasteiger partial charge in [0.2, 0.25) is 5.91 Å². The molecule has 1 atom stereocenters. The zero-order valence-electron chi connectivity index (χ0n) is 12.9. The van der Waals surface area contributed by atoms with Gasteiger partial charge in [0.15, 0.2) is 0 Å². The average Bonchev–Trinajstić information content (AvgIpc) is 2.45. The van der Waals surface area contributed by atoms with Crippen molar-refractivity contribution in [2.24, 2.45) is 0 Å². The second-order valence-electron chi connectivity index (χ2n) is 5.43. The number of carbonyl (C=O) groups excluding carboxylic acids is 1. The molecule has 2 N–H and O–H groups in total. The summed E-state index contributed by atoms with van der Waals surface area (Å²) in [6, 6.07) is 6.66. The van der Waals surface area contributed by atoms with Crippen LogP contribution in [0.4, 0.5) is 5.69 Å². The van der Waals surface area contributed by atoms with Gasteiger partial charge >= 0.3 is 5.63 Å².